The molecule has 17 heavy (non-hydrogen) atoms. The van der Waals surface area contributed by atoms with Gasteiger partial charge in [-0.05, 0) is 30.5 Å². The van der Waals surface area contributed by atoms with Gasteiger partial charge >= 0.3 is 0 Å². The van der Waals surface area contributed by atoms with Crippen LogP contribution in [0.25, 0.3) is 0 Å². The van der Waals surface area contributed by atoms with Crippen LogP contribution in [0.1, 0.15) is 16.7 Å². The highest BCUT2D eigenvalue weighted by atomic mass is 35.5. The molecule has 0 spiro atoms. The third kappa shape index (κ3) is 6.16. The minimum atomic E-state index is 0. The summed E-state index contributed by atoms with van der Waals surface area (Å²) in [6.45, 7) is 10.1. The number of hydrogen-bond donors (Lipinski definition) is 1. The molecule has 0 atom stereocenters. The Labute approximate surface area is 115 Å². The fourth-order valence-electron chi connectivity index (χ4n) is 1.54. The van der Waals surface area contributed by atoms with E-state index in [9.17, 15) is 0 Å². The normalized spacial score (nSPS) is 9.76. The van der Waals surface area contributed by atoms with Gasteiger partial charge in [-0.2, -0.15) is 11.8 Å². The quantitative estimate of drug-likeness (QED) is 0.599. The lowest BCUT2D eigenvalue weighted by Gasteiger charge is -2.09. The van der Waals surface area contributed by atoms with Crippen molar-refractivity contribution in [2.75, 3.05) is 18.1 Å². The van der Waals surface area contributed by atoms with Gasteiger partial charge in [-0.25, -0.2) is 0 Å². The van der Waals surface area contributed by atoms with Gasteiger partial charge in [0.2, 0.25) is 0 Å². The van der Waals surface area contributed by atoms with Crippen LogP contribution in [0.3, 0.4) is 0 Å². The van der Waals surface area contributed by atoms with Crippen molar-refractivity contribution in [2.45, 2.75) is 20.4 Å². The summed E-state index contributed by atoms with van der Waals surface area (Å²) in [5.41, 5.74) is 4.20. The van der Waals surface area contributed by atoms with E-state index < -0.39 is 0 Å². The molecule has 1 rings (SSSR count). The van der Waals surface area contributed by atoms with E-state index in [1.54, 1.807) is 0 Å². The zero-order valence-electron chi connectivity index (χ0n) is 10.7. The van der Waals surface area contributed by atoms with Gasteiger partial charge in [-0.1, -0.05) is 24.3 Å². The van der Waals surface area contributed by atoms with Gasteiger partial charge < -0.3 is 5.32 Å². The van der Waals surface area contributed by atoms with E-state index in [0.29, 0.717) is 0 Å². The van der Waals surface area contributed by atoms with Gasteiger partial charge in [-0.15, -0.1) is 19.0 Å². The molecule has 0 unspecified atom stereocenters. The van der Waals surface area contributed by atoms with Crippen LogP contribution in [0, 0.1) is 13.8 Å². The molecule has 96 valence electrons. The first-order chi connectivity index (χ1) is 7.75. The Bertz CT molecular complexity index is 339. The molecule has 0 heterocycles. The van der Waals surface area contributed by atoms with Crippen molar-refractivity contribution in [3.63, 3.8) is 0 Å². The first-order valence-electron chi connectivity index (χ1n) is 5.70. The Hall–Kier alpha value is -0.440. The molecule has 0 aliphatic carbocycles. The van der Waals surface area contributed by atoms with Crippen molar-refractivity contribution in [1.29, 1.82) is 0 Å². The summed E-state index contributed by atoms with van der Waals surface area (Å²) >= 11 is 1.92. The molecule has 0 aliphatic rings. The van der Waals surface area contributed by atoms with Gasteiger partial charge in [0, 0.05) is 24.6 Å². The lowest BCUT2D eigenvalue weighted by atomic mass is 10.0. The minimum Gasteiger partial charge on any atom is -0.312 e. The Balaban J connectivity index is 0.00000256. The first-order valence-corrected chi connectivity index (χ1v) is 6.85. The zero-order chi connectivity index (χ0) is 11.8. The highest BCUT2D eigenvalue weighted by molar-refractivity contribution is 7.99. The molecule has 1 aromatic carbocycles. The second kappa shape index (κ2) is 9.58. The molecule has 0 bridgehead atoms. The average molecular weight is 272 g/mol. The van der Waals surface area contributed by atoms with Gasteiger partial charge in [0.25, 0.3) is 0 Å². The molecular formula is C14H22ClNS. The summed E-state index contributed by atoms with van der Waals surface area (Å²) in [4.78, 5) is 0. The molecule has 0 amide bonds. The molecule has 0 aromatic heterocycles. The monoisotopic (exact) mass is 271 g/mol. The number of rotatable bonds is 7. The van der Waals surface area contributed by atoms with Crippen LogP contribution in [0.5, 0.6) is 0 Å². The predicted molar refractivity (Wildman–Crippen MR) is 82.4 cm³/mol. The topological polar surface area (TPSA) is 12.0 Å². The molecule has 1 aromatic rings. The number of hydrogen-bond acceptors (Lipinski definition) is 2. The summed E-state index contributed by atoms with van der Waals surface area (Å²) in [7, 11) is 0. The lowest BCUT2D eigenvalue weighted by Crippen LogP contribution is -2.17. The van der Waals surface area contributed by atoms with Crippen molar-refractivity contribution in [3.8, 4) is 0 Å². The molecule has 1 N–H and O–H groups in total. The van der Waals surface area contributed by atoms with E-state index >= 15 is 0 Å². The Morgan fingerprint density at radius 2 is 2.12 bits per heavy atom. The summed E-state index contributed by atoms with van der Waals surface area (Å²) in [6, 6.07) is 6.50. The minimum absolute atomic E-state index is 0. The maximum Gasteiger partial charge on any atom is 0.0208 e. The molecule has 0 aliphatic heterocycles. The van der Waals surface area contributed by atoms with Gasteiger partial charge in [-0.3, -0.25) is 0 Å². The molecular weight excluding hydrogens is 250 g/mol. The number of benzene rings is 1. The maximum atomic E-state index is 3.71. The van der Waals surface area contributed by atoms with E-state index in [2.05, 4.69) is 43.9 Å². The van der Waals surface area contributed by atoms with Crippen molar-refractivity contribution in [3.05, 3.63) is 47.5 Å². The third-order valence-corrected chi connectivity index (χ3v) is 3.66. The SMILES string of the molecule is C=CCSCCNCc1cccc(C)c1C.Cl. The van der Waals surface area contributed by atoms with Crippen LogP contribution >= 0.6 is 24.2 Å². The summed E-state index contributed by atoms with van der Waals surface area (Å²) in [5, 5.41) is 3.47. The van der Waals surface area contributed by atoms with Crippen LogP contribution in [0.2, 0.25) is 0 Å². The van der Waals surface area contributed by atoms with E-state index in [0.717, 1.165) is 24.6 Å². The first kappa shape index (κ1) is 16.6. The van der Waals surface area contributed by atoms with Crippen molar-refractivity contribution >= 4 is 24.2 Å². The molecule has 0 fully saturated rings. The van der Waals surface area contributed by atoms with Crippen LogP contribution < -0.4 is 5.32 Å². The van der Waals surface area contributed by atoms with Gasteiger partial charge in [0.05, 0.1) is 0 Å². The molecule has 1 nitrogen and oxygen atoms in total. The fourth-order valence-corrected chi connectivity index (χ4v) is 2.16. The van der Waals surface area contributed by atoms with Crippen LogP contribution in [-0.2, 0) is 6.54 Å². The van der Waals surface area contributed by atoms with E-state index in [4.69, 9.17) is 0 Å². The van der Waals surface area contributed by atoms with Gasteiger partial charge in [0.15, 0.2) is 0 Å². The Morgan fingerprint density at radius 1 is 1.35 bits per heavy atom. The number of halogens is 1. The van der Waals surface area contributed by atoms with E-state index in [1.165, 1.54) is 16.7 Å². The zero-order valence-corrected chi connectivity index (χ0v) is 12.3. The summed E-state index contributed by atoms with van der Waals surface area (Å²) < 4.78 is 0. The Kier molecular flexibility index (Phi) is 9.33. The molecule has 0 radical (unpaired) electrons. The smallest absolute Gasteiger partial charge is 0.0208 e. The molecule has 0 saturated carbocycles. The highest BCUT2D eigenvalue weighted by Gasteiger charge is 1.99. The third-order valence-electron chi connectivity index (χ3n) is 2.69. The summed E-state index contributed by atoms with van der Waals surface area (Å²) in [6.07, 6.45) is 1.95. The summed E-state index contributed by atoms with van der Waals surface area (Å²) in [5.74, 6) is 2.20. The second-order valence-electron chi connectivity index (χ2n) is 3.90. The maximum absolute atomic E-state index is 3.71. The van der Waals surface area contributed by atoms with E-state index in [-0.39, 0.29) is 12.4 Å². The number of aryl methyl sites for hydroxylation is 1. The van der Waals surface area contributed by atoms with Crippen LogP contribution in [-0.4, -0.2) is 18.1 Å². The van der Waals surface area contributed by atoms with Crippen LogP contribution in [0.4, 0.5) is 0 Å². The van der Waals surface area contributed by atoms with Crippen molar-refractivity contribution < 1.29 is 0 Å². The van der Waals surface area contributed by atoms with Gasteiger partial charge in [0.1, 0.15) is 0 Å². The lowest BCUT2D eigenvalue weighted by molar-refractivity contribution is 0.728. The van der Waals surface area contributed by atoms with E-state index in [1.807, 2.05) is 17.8 Å². The van der Waals surface area contributed by atoms with Crippen molar-refractivity contribution in [1.82, 2.24) is 5.32 Å². The fraction of sp³-hybridized carbons (Fsp3) is 0.429. The van der Waals surface area contributed by atoms with Crippen molar-refractivity contribution in [2.24, 2.45) is 0 Å². The predicted octanol–water partition coefficient (Wildman–Crippen LogP) is 3.73. The standard InChI is InChI=1S/C14H21NS.ClH/c1-4-9-16-10-8-15-11-14-7-5-6-12(2)13(14)3;/h4-7,15H,1,8-11H2,2-3H3;1H. The Morgan fingerprint density at radius 3 is 2.82 bits per heavy atom. The molecule has 0 saturated heterocycles. The number of nitrogens with one attached hydrogen (secondary N) is 1. The second-order valence-corrected chi connectivity index (χ2v) is 5.05. The largest absolute Gasteiger partial charge is 0.312 e. The van der Waals surface area contributed by atoms with Crippen LogP contribution in [0.15, 0.2) is 30.9 Å². The average Bonchev–Trinajstić information content (AvgIpc) is 2.29. The molecule has 3 heteroatoms. The number of thioether (sulfide) groups is 1. The highest BCUT2D eigenvalue weighted by Crippen LogP contribution is 2.12.